The van der Waals surface area contributed by atoms with Crippen LogP contribution in [0.3, 0.4) is 0 Å². The van der Waals surface area contributed by atoms with Crippen LogP contribution in [0.4, 0.5) is 0 Å². The first-order chi connectivity index (χ1) is 13.3. The monoisotopic (exact) mass is 405 g/mol. The van der Waals surface area contributed by atoms with Crippen LogP contribution in [0.1, 0.15) is 72.1 Å². The van der Waals surface area contributed by atoms with Crippen LogP contribution < -0.4 is 0 Å². The van der Waals surface area contributed by atoms with Crippen molar-refractivity contribution in [2.45, 2.75) is 84.3 Å². The van der Waals surface area contributed by atoms with Crippen LogP contribution in [-0.2, 0) is 9.53 Å². The maximum absolute atomic E-state index is 11.4. The van der Waals surface area contributed by atoms with Crippen molar-refractivity contribution in [1.82, 2.24) is 0 Å². The van der Waals surface area contributed by atoms with Gasteiger partial charge in [0.25, 0.3) is 0 Å². The molecule has 0 aromatic carbocycles. The Kier molecular flexibility index (Phi) is 5.51. The molecule has 0 amide bonds. The zero-order valence-electron chi connectivity index (χ0n) is 17.6. The van der Waals surface area contributed by atoms with Crippen LogP contribution >= 0.6 is 9.39 Å². The van der Waals surface area contributed by atoms with Crippen LogP contribution in [0.2, 0.25) is 0 Å². The Balaban J connectivity index is 1.57. The first-order valence-electron chi connectivity index (χ1n) is 11.1. The molecular weight excluding hydrogens is 369 g/mol. The van der Waals surface area contributed by atoms with E-state index in [-0.39, 0.29) is 17.5 Å². The zero-order valence-corrected chi connectivity index (χ0v) is 18.7. The molecule has 5 heteroatoms. The number of carbonyl (C=O) groups is 1. The van der Waals surface area contributed by atoms with Gasteiger partial charge in [0.2, 0.25) is 0 Å². The summed E-state index contributed by atoms with van der Waals surface area (Å²) >= 11 is 0. The van der Waals surface area contributed by atoms with Gasteiger partial charge < -0.3 is 9.84 Å². The molecule has 4 nitrogen and oxygen atoms in total. The van der Waals surface area contributed by atoms with Gasteiger partial charge in [0, 0.05) is 19.6 Å². The van der Waals surface area contributed by atoms with Crippen LogP contribution in [-0.4, -0.2) is 29.5 Å². The van der Waals surface area contributed by atoms with Crippen molar-refractivity contribution >= 4 is 21.6 Å². The highest BCUT2D eigenvalue weighted by atomic mass is 31.0. The molecule has 3 unspecified atom stereocenters. The minimum Gasteiger partial charge on any atom is -0.459 e. The van der Waals surface area contributed by atoms with Gasteiger partial charge in [-0.2, -0.15) is 0 Å². The molecule has 0 aromatic heterocycles. The van der Waals surface area contributed by atoms with Gasteiger partial charge in [-0.3, -0.25) is 9.56 Å². The molecule has 4 aliphatic carbocycles. The molecule has 0 spiro atoms. The van der Waals surface area contributed by atoms with E-state index in [9.17, 15) is 9.90 Å². The van der Waals surface area contributed by atoms with Gasteiger partial charge in [0.15, 0.2) is 0 Å². The number of hydrogen-bond donors (Lipinski definition) is 1. The Hall–Kier alpha value is -0.730. The largest absolute Gasteiger partial charge is 0.459 e. The quantitative estimate of drug-likeness (QED) is 0.320. The fourth-order valence-electron chi connectivity index (χ4n) is 7.69. The third-order valence-electron chi connectivity index (χ3n) is 9.12. The summed E-state index contributed by atoms with van der Waals surface area (Å²) in [5, 5.41) is 10.8. The molecule has 28 heavy (non-hydrogen) atoms. The Morgan fingerprint density at radius 1 is 1.36 bits per heavy atom. The standard InChI is InChI=1S/C23H36NO3P/c1-14(25)27-21-12-16-4-6-17-18-7-5-15(9-11-24-28)22(18,2)10-8-19(17)23(16,3)13-20(21)26/h4,11,15,17-21,26H,5-10,12-13,28H2,1-3H3/t15-,17+,18+,19+,20?,21?,22-,23+/m1/s1. The molecule has 3 saturated carbocycles. The second-order valence-electron chi connectivity index (χ2n) is 10.3. The minimum atomic E-state index is -0.548. The van der Waals surface area contributed by atoms with Crippen molar-refractivity contribution in [3.63, 3.8) is 0 Å². The number of rotatable bonds is 3. The summed E-state index contributed by atoms with van der Waals surface area (Å²) in [6, 6.07) is 0. The number of ether oxygens (including phenoxy) is 1. The summed E-state index contributed by atoms with van der Waals surface area (Å²) in [4.78, 5) is 11.4. The molecule has 0 aromatic rings. The van der Waals surface area contributed by atoms with Gasteiger partial charge in [0.05, 0.1) is 6.10 Å². The number of aliphatic hydroxyl groups excluding tert-OH is 1. The normalized spacial score (nSPS) is 47.8. The number of esters is 1. The predicted molar refractivity (Wildman–Crippen MR) is 115 cm³/mol. The Morgan fingerprint density at radius 3 is 2.86 bits per heavy atom. The minimum absolute atomic E-state index is 0.0555. The molecule has 4 aliphatic rings. The summed E-state index contributed by atoms with van der Waals surface area (Å²) < 4.78 is 9.60. The summed E-state index contributed by atoms with van der Waals surface area (Å²) in [6.07, 6.45) is 12.5. The van der Waals surface area contributed by atoms with Gasteiger partial charge in [0.1, 0.15) is 6.10 Å². The van der Waals surface area contributed by atoms with Crippen LogP contribution in [0.25, 0.3) is 0 Å². The zero-order chi connectivity index (χ0) is 20.1. The van der Waals surface area contributed by atoms with Crippen molar-refractivity contribution in [1.29, 1.82) is 0 Å². The van der Waals surface area contributed by atoms with E-state index in [2.05, 4.69) is 40.3 Å². The fraction of sp³-hybridized carbons (Fsp3) is 0.826. The predicted octanol–water partition coefficient (Wildman–Crippen LogP) is 4.72. The van der Waals surface area contributed by atoms with Gasteiger partial charge in [-0.1, -0.05) is 25.5 Å². The third kappa shape index (κ3) is 3.19. The van der Waals surface area contributed by atoms with Gasteiger partial charge in [-0.25, -0.2) is 0 Å². The average Bonchev–Trinajstić information content (AvgIpc) is 2.97. The molecule has 0 bridgehead atoms. The lowest BCUT2D eigenvalue weighted by Gasteiger charge is -2.58. The van der Waals surface area contributed by atoms with Crippen molar-refractivity contribution in [3.8, 4) is 0 Å². The van der Waals surface area contributed by atoms with Crippen molar-refractivity contribution in [2.75, 3.05) is 0 Å². The van der Waals surface area contributed by atoms with E-state index in [4.69, 9.17) is 4.74 Å². The van der Waals surface area contributed by atoms with Crippen LogP contribution in [0.15, 0.2) is 16.4 Å². The van der Waals surface area contributed by atoms with E-state index in [0.29, 0.717) is 17.8 Å². The molecule has 3 fully saturated rings. The second kappa shape index (κ2) is 7.51. The average molecular weight is 406 g/mol. The number of aliphatic hydroxyl groups is 1. The maximum atomic E-state index is 11.4. The molecular formula is C23H36NO3P. The molecule has 1 N–H and O–H groups in total. The Bertz CT molecular complexity index is 691. The van der Waals surface area contributed by atoms with E-state index in [1.165, 1.54) is 38.2 Å². The number of carbonyl (C=O) groups excluding carboxylic acids is 1. The van der Waals surface area contributed by atoms with E-state index in [1.807, 2.05) is 0 Å². The lowest BCUT2D eigenvalue weighted by atomic mass is 9.47. The molecule has 0 saturated heterocycles. The second-order valence-corrected chi connectivity index (χ2v) is 10.6. The highest BCUT2D eigenvalue weighted by molar-refractivity contribution is 7.14. The number of allylic oxidation sites excluding steroid dienone is 1. The van der Waals surface area contributed by atoms with Crippen molar-refractivity contribution in [3.05, 3.63) is 11.6 Å². The highest BCUT2D eigenvalue weighted by Crippen LogP contribution is 2.66. The smallest absolute Gasteiger partial charge is 0.303 e. The first-order valence-corrected chi connectivity index (χ1v) is 11.6. The molecule has 0 heterocycles. The molecule has 9 atom stereocenters. The van der Waals surface area contributed by atoms with E-state index in [1.54, 1.807) is 0 Å². The number of hydrogen-bond acceptors (Lipinski definition) is 4. The third-order valence-corrected chi connectivity index (χ3v) is 9.33. The number of fused-ring (bicyclic) bond motifs is 5. The lowest BCUT2D eigenvalue weighted by molar-refractivity contribution is -0.158. The molecule has 156 valence electrons. The maximum Gasteiger partial charge on any atom is 0.303 e. The van der Waals surface area contributed by atoms with Crippen molar-refractivity contribution in [2.24, 2.45) is 39.3 Å². The van der Waals surface area contributed by atoms with Crippen LogP contribution in [0.5, 0.6) is 0 Å². The van der Waals surface area contributed by atoms with Gasteiger partial charge >= 0.3 is 5.97 Å². The highest BCUT2D eigenvalue weighted by Gasteiger charge is 2.59. The van der Waals surface area contributed by atoms with Crippen molar-refractivity contribution < 1.29 is 14.6 Å². The van der Waals surface area contributed by atoms with E-state index >= 15 is 0 Å². The SMILES string of the molecule is CC(=O)OC1CC2=CC[C@H]3[C@@H]4CC[C@H](CC=NP)[C@@]4(C)CC[C@@H]3[C@@]2(C)CC1O. The summed E-state index contributed by atoms with van der Waals surface area (Å²) in [7, 11) is 2.47. The van der Waals surface area contributed by atoms with E-state index in [0.717, 1.165) is 37.0 Å². The van der Waals surface area contributed by atoms with Gasteiger partial charge in [-0.05, 0) is 88.8 Å². The molecule has 4 rings (SSSR count). The molecule has 0 aliphatic heterocycles. The first kappa shape index (κ1) is 20.5. The molecule has 0 radical (unpaired) electrons. The number of nitrogens with zero attached hydrogens (tertiary/aromatic N) is 1. The topological polar surface area (TPSA) is 58.9 Å². The lowest BCUT2D eigenvalue weighted by Crippen LogP contribution is -2.53. The summed E-state index contributed by atoms with van der Waals surface area (Å²) in [5.41, 5.74) is 1.92. The fourth-order valence-corrected chi connectivity index (χ4v) is 7.81. The van der Waals surface area contributed by atoms with E-state index < -0.39 is 6.10 Å². The Labute approximate surface area is 171 Å². The Morgan fingerprint density at radius 2 is 2.14 bits per heavy atom. The summed E-state index contributed by atoms with van der Waals surface area (Å²) in [5.74, 6) is 2.62. The summed E-state index contributed by atoms with van der Waals surface area (Å²) in [6.45, 7) is 6.35. The van der Waals surface area contributed by atoms with Gasteiger partial charge in [-0.15, -0.1) is 0 Å². The van der Waals surface area contributed by atoms with Crippen LogP contribution in [0, 0.1) is 34.5 Å².